The minimum Gasteiger partial charge on any atom is -0.457 e. The normalized spacial score (nSPS) is 14.1. The molecule has 1 aliphatic heterocycles. The van der Waals surface area contributed by atoms with Gasteiger partial charge in [0.25, 0.3) is 0 Å². The van der Waals surface area contributed by atoms with Crippen molar-refractivity contribution < 1.29 is 18.3 Å². The zero-order chi connectivity index (χ0) is 27.6. The molecule has 0 bridgehead atoms. The van der Waals surface area contributed by atoms with Gasteiger partial charge in [0.1, 0.15) is 34.7 Å². The summed E-state index contributed by atoms with van der Waals surface area (Å²) in [5.41, 5.74) is 3.68. The van der Waals surface area contributed by atoms with Gasteiger partial charge in [-0.25, -0.2) is 19.6 Å². The zero-order valence-corrected chi connectivity index (χ0v) is 22.1. The van der Waals surface area contributed by atoms with Crippen LogP contribution in [0.5, 0.6) is 17.2 Å². The standard InChI is InChI=1S/C28H28F2N8O2/c1-17-13-21(24(40-28(29)30)15-23(17)39-18-7-9-22-20(14-18)35-36-37(22)2)33-27-26-19(31-16-32-27)8-10-25(34-26)38-11-5-3-4-6-12-38/h7-10,13-16,28H,3-6,11-12H2,1-2H3,(H,31,32,33). The lowest BCUT2D eigenvalue weighted by molar-refractivity contribution is -0.0494. The van der Waals surface area contributed by atoms with Crippen molar-refractivity contribution in [1.82, 2.24) is 29.9 Å². The number of aryl methyl sites for hydroxylation is 2. The Kier molecular flexibility index (Phi) is 6.97. The number of anilines is 3. The van der Waals surface area contributed by atoms with Crippen LogP contribution in [0.4, 0.5) is 26.1 Å². The molecular formula is C28H28F2N8O2. The third-order valence-electron chi connectivity index (χ3n) is 6.95. The molecule has 4 heterocycles. The summed E-state index contributed by atoms with van der Waals surface area (Å²) in [6.45, 7) is 0.653. The number of nitrogens with one attached hydrogen (secondary N) is 1. The number of nitrogens with zero attached hydrogens (tertiary/aromatic N) is 7. The van der Waals surface area contributed by atoms with Crippen molar-refractivity contribution in [3.8, 4) is 17.2 Å². The highest BCUT2D eigenvalue weighted by atomic mass is 19.3. The van der Waals surface area contributed by atoms with Crippen LogP contribution in [0, 0.1) is 6.92 Å². The second-order valence-corrected chi connectivity index (χ2v) is 9.74. The van der Waals surface area contributed by atoms with Gasteiger partial charge in [0.05, 0.1) is 16.7 Å². The maximum absolute atomic E-state index is 13.5. The molecule has 0 saturated carbocycles. The fourth-order valence-electron chi connectivity index (χ4n) is 4.91. The molecule has 0 atom stereocenters. The first-order valence-corrected chi connectivity index (χ1v) is 13.1. The molecule has 12 heteroatoms. The molecule has 1 N–H and O–H groups in total. The molecule has 6 rings (SSSR count). The van der Waals surface area contributed by atoms with E-state index in [2.05, 4.69) is 30.5 Å². The molecular weight excluding hydrogens is 518 g/mol. The summed E-state index contributed by atoms with van der Waals surface area (Å²) in [6, 6.07) is 12.3. The smallest absolute Gasteiger partial charge is 0.387 e. The van der Waals surface area contributed by atoms with Gasteiger partial charge < -0.3 is 19.7 Å². The molecule has 206 valence electrons. The van der Waals surface area contributed by atoms with Gasteiger partial charge in [0.15, 0.2) is 11.6 Å². The molecule has 1 saturated heterocycles. The lowest BCUT2D eigenvalue weighted by Crippen LogP contribution is -2.24. The minimum atomic E-state index is -3.04. The molecule has 40 heavy (non-hydrogen) atoms. The van der Waals surface area contributed by atoms with Gasteiger partial charge in [0, 0.05) is 32.3 Å². The molecule has 1 fully saturated rings. The summed E-state index contributed by atoms with van der Waals surface area (Å²) >= 11 is 0. The molecule has 10 nitrogen and oxygen atoms in total. The number of benzene rings is 2. The Hall–Kier alpha value is -4.61. The fourth-order valence-corrected chi connectivity index (χ4v) is 4.91. The van der Waals surface area contributed by atoms with E-state index < -0.39 is 6.61 Å². The number of rotatable bonds is 7. The van der Waals surface area contributed by atoms with E-state index in [4.69, 9.17) is 14.5 Å². The number of hydrogen-bond donors (Lipinski definition) is 1. The van der Waals surface area contributed by atoms with E-state index >= 15 is 0 Å². The number of hydrogen-bond acceptors (Lipinski definition) is 9. The summed E-state index contributed by atoms with van der Waals surface area (Å²) < 4.78 is 39.5. The first-order chi connectivity index (χ1) is 19.4. The van der Waals surface area contributed by atoms with Crippen LogP contribution in [0.25, 0.3) is 22.1 Å². The van der Waals surface area contributed by atoms with Gasteiger partial charge in [0.2, 0.25) is 0 Å². The highest BCUT2D eigenvalue weighted by Crippen LogP contribution is 2.38. The number of alkyl halides is 2. The summed E-state index contributed by atoms with van der Waals surface area (Å²) in [5, 5.41) is 11.3. The van der Waals surface area contributed by atoms with Crippen LogP contribution < -0.4 is 19.7 Å². The van der Waals surface area contributed by atoms with Crippen LogP contribution in [-0.2, 0) is 7.05 Å². The second kappa shape index (κ2) is 10.9. The number of halogens is 2. The molecule has 0 radical (unpaired) electrons. The Labute approximate surface area is 229 Å². The Morgan fingerprint density at radius 3 is 2.55 bits per heavy atom. The van der Waals surface area contributed by atoms with E-state index in [1.54, 1.807) is 29.9 Å². The Balaban J connectivity index is 1.33. The Morgan fingerprint density at radius 2 is 1.75 bits per heavy atom. The molecule has 3 aromatic heterocycles. The minimum absolute atomic E-state index is 0.0911. The molecule has 0 aliphatic carbocycles. The number of ether oxygens (including phenoxy) is 2. The van der Waals surface area contributed by atoms with Crippen molar-refractivity contribution in [2.45, 2.75) is 39.2 Å². The Morgan fingerprint density at radius 1 is 0.925 bits per heavy atom. The van der Waals surface area contributed by atoms with E-state index in [9.17, 15) is 8.78 Å². The summed E-state index contributed by atoms with van der Waals surface area (Å²) in [4.78, 5) is 15.9. The molecule has 0 unspecified atom stereocenters. The maximum Gasteiger partial charge on any atom is 0.387 e. The average Bonchev–Trinajstić information content (AvgIpc) is 3.12. The van der Waals surface area contributed by atoms with Gasteiger partial charge in [-0.15, -0.1) is 5.10 Å². The van der Waals surface area contributed by atoms with Crippen LogP contribution in [-0.4, -0.2) is 49.6 Å². The van der Waals surface area contributed by atoms with Crippen molar-refractivity contribution in [2.24, 2.45) is 7.05 Å². The first kappa shape index (κ1) is 25.7. The largest absolute Gasteiger partial charge is 0.457 e. The molecule has 0 amide bonds. The van der Waals surface area contributed by atoms with Crippen LogP contribution in [0.3, 0.4) is 0 Å². The van der Waals surface area contributed by atoms with E-state index in [0.29, 0.717) is 45.1 Å². The van der Waals surface area contributed by atoms with Gasteiger partial charge in [-0.2, -0.15) is 8.78 Å². The lowest BCUT2D eigenvalue weighted by Gasteiger charge is -2.22. The molecule has 2 aromatic carbocycles. The van der Waals surface area contributed by atoms with Crippen molar-refractivity contribution in [2.75, 3.05) is 23.3 Å². The quantitative estimate of drug-likeness (QED) is 0.258. The predicted molar refractivity (Wildman–Crippen MR) is 148 cm³/mol. The average molecular weight is 547 g/mol. The molecule has 1 aliphatic rings. The highest BCUT2D eigenvalue weighted by Gasteiger charge is 2.18. The summed E-state index contributed by atoms with van der Waals surface area (Å²) in [6.07, 6.45) is 6.07. The number of aromatic nitrogens is 6. The summed E-state index contributed by atoms with van der Waals surface area (Å²) in [5.74, 6) is 2.00. The lowest BCUT2D eigenvalue weighted by atomic mass is 10.1. The van der Waals surface area contributed by atoms with Gasteiger partial charge >= 0.3 is 6.61 Å². The van der Waals surface area contributed by atoms with Crippen LogP contribution in [0.2, 0.25) is 0 Å². The van der Waals surface area contributed by atoms with Crippen molar-refractivity contribution in [3.63, 3.8) is 0 Å². The van der Waals surface area contributed by atoms with Crippen molar-refractivity contribution in [3.05, 3.63) is 54.4 Å². The zero-order valence-electron chi connectivity index (χ0n) is 22.1. The van der Waals surface area contributed by atoms with Gasteiger partial charge in [-0.05, 0) is 55.7 Å². The van der Waals surface area contributed by atoms with Crippen LogP contribution >= 0.6 is 0 Å². The van der Waals surface area contributed by atoms with Crippen LogP contribution in [0.1, 0.15) is 31.2 Å². The number of fused-ring (bicyclic) bond motifs is 2. The van der Waals surface area contributed by atoms with E-state index in [-0.39, 0.29) is 5.75 Å². The Bertz CT molecular complexity index is 1670. The monoisotopic (exact) mass is 546 g/mol. The predicted octanol–water partition coefficient (Wildman–Crippen LogP) is 6.13. The first-order valence-electron chi connectivity index (χ1n) is 13.1. The summed E-state index contributed by atoms with van der Waals surface area (Å²) in [7, 11) is 1.80. The topological polar surface area (TPSA) is 103 Å². The van der Waals surface area contributed by atoms with Crippen LogP contribution in [0.15, 0.2) is 48.8 Å². The van der Waals surface area contributed by atoms with Gasteiger partial charge in [-0.3, -0.25) is 0 Å². The van der Waals surface area contributed by atoms with E-state index in [1.807, 2.05) is 25.1 Å². The third kappa shape index (κ3) is 5.29. The van der Waals surface area contributed by atoms with Crippen molar-refractivity contribution >= 4 is 39.4 Å². The van der Waals surface area contributed by atoms with Gasteiger partial charge in [-0.1, -0.05) is 18.1 Å². The maximum atomic E-state index is 13.5. The second-order valence-electron chi connectivity index (χ2n) is 9.74. The molecule has 5 aromatic rings. The SMILES string of the molecule is Cc1cc(Nc2ncnc3ccc(N4CCCCCC4)nc23)c(OC(F)F)cc1Oc1ccc2c(c1)nnn2C. The van der Waals surface area contributed by atoms with E-state index in [0.717, 1.165) is 37.3 Å². The fraction of sp³-hybridized carbons (Fsp3) is 0.321. The highest BCUT2D eigenvalue weighted by molar-refractivity contribution is 5.89. The molecule has 0 spiro atoms. The van der Waals surface area contributed by atoms with E-state index in [1.165, 1.54) is 25.2 Å². The third-order valence-corrected chi connectivity index (χ3v) is 6.95. The van der Waals surface area contributed by atoms with Crippen molar-refractivity contribution in [1.29, 1.82) is 0 Å². The number of pyridine rings is 1.